The van der Waals surface area contributed by atoms with Crippen LogP contribution in [0.5, 0.6) is 5.88 Å². The molecule has 0 radical (unpaired) electrons. The van der Waals surface area contributed by atoms with Crippen molar-refractivity contribution in [3.05, 3.63) is 95.2 Å². The molecule has 2 aromatic heterocycles. The van der Waals surface area contributed by atoms with E-state index < -0.39 is 0 Å². The Balaban J connectivity index is 1.54. The number of oxazole rings is 1. The second kappa shape index (κ2) is 8.68. The molecule has 0 atom stereocenters. The third-order valence-corrected chi connectivity index (χ3v) is 5.63. The quantitative estimate of drug-likeness (QED) is 0.294. The number of nitrogens with zero attached hydrogens (tertiary/aromatic N) is 5. The minimum absolute atomic E-state index is 0.00663. The van der Waals surface area contributed by atoms with Gasteiger partial charge in [-0.15, -0.1) is 10.2 Å². The van der Waals surface area contributed by atoms with Crippen molar-refractivity contribution in [2.75, 3.05) is 0 Å². The summed E-state index contributed by atoms with van der Waals surface area (Å²) in [6, 6.07) is 25.3. The van der Waals surface area contributed by atoms with Gasteiger partial charge >= 0.3 is 0 Å². The van der Waals surface area contributed by atoms with E-state index in [0.717, 1.165) is 27.6 Å². The number of hydrogen-bond acceptors (Lipinski definition) is 6. The Morgan fingerprint density at radius 2 is 1.62 bits per heavy atom. The third kappa shape index (κ3) is 3.93. The normalized spacial score (nSPS) is 11.3. The molecule has 0 aliphatic heterocycles. The molecule has 7 heteroatoms. The predicted molar refractivity (Wildman–Crippen MR) is 129 cm³/mol. The van der Waals surface area contributed by atoms with Crippen molar-refractivity contribution in [2.45, 2.75) is 20.4 Å². The molecule has 3 aromatic carbocycles. The molecule has 0 saturated carbocycles. The molecule has 2 heterocycles. The number of rotatable bonds is 5. The molecule has 0 unspecified atom stereocenters. The average Bonchev–Trinajstić information content (AvgIpc) is 3.38. The lowest BCUT2D eigenvalue weighted by Gasteiger charge is -2.07. The van der Waals surface area contributed by atoms with Crippen LogP contribution in [0.15, 0.2) is 87.4 Å². The van der Waals surface area contributed by atoms with Gasteiger partial charge in [0.2, 0.25) is 17.5 Å². The van der Waals surface area contributed by atoms with Gasteiger partial charge in [-0.1, -0.05) is 65.7 Å². The smallest absolute Gasteiger partial charge is 0.277 e. The number of azo groups is 1. The fraction of sp³-hybridized carbons (Fsp3) is 0.111. The lowest BCUT2D eigenvalue weighted by atomic mass is 10.1. The van der Waals surface area contributed by atoms with Gasteiger partial charge in [-0.3, -0.25) is 0 Å². The van der Waals surface area contributed by atoms with Crippen LogP contribution in [0.2, 0.25) is 0 Å². The van der Waals surface area contributed by atoms with E-state index in [1.165, 1.54) is 5.56 Å². The molecular formula is C27H21N5O2. The summed E-state index contributed by atoms with van der Waals surface area (Å²) in [7, 11) is 0. The van der Waals surface area contributed by atoms with Crippen LogP contribution in [-0.2, 0) is 6.54 Å². The first-order chi connectivity index (χ1) is 16.5. The summed E-state index contributed by atoms with van der Waals surface area (Å²) in [6.07, 6.45) is 0. The highest BCUT2D eigenvalue weighted by Gasteiger charge is 2.18. The van der Waals surface area contributed by atoms with Crippen LogP contribution >= 0.6 is 0 Å². The zero-order valence-electron chi connectivity index (χ0n) is 18.7. The maximum absolute atomic E-state index is 11.0. The Kier molecular flexibility index (Phi) is 5.40. The molecule has 5 rings (SSSR count). The van der Waals surface area contributed by atoms with E-state index in [4.69, 9.17) is 4.42 Å². The number of aryl methyl sites for hydroxylation is 2. The molecule has 0 aliphatic carbocycles. The minimum atomic E-state index is -0.0118. The lowest BCUT2D eigenvalue weighted by molar-refractivity contribution is 0.429. The van der Waals surface area contributed by atoms with E-state index in [-0.39, 0.29) is 23.3 Å². The highest BCUT2D eigenvalue weighted by molar-refractivity contribution is 5.95. The van der Waals surface area contributed by atoms with Gasteiger partial charge in [-0.25, -0.2) is 0 Å². The molecule has 1 N–H and O–H groups in total. The summed E-state index contributed by atoms with van der Waals surface area (Å²) in [5.41, 5.74) is 5.23. The largest absolute Gasteiger partial charge is 0.493 e. The first-order valence-corrected chi connectivity index (χ1v) is 10.8. The second-order valence-electron chi connectivity index (χ2n) is 8.11. The van der Waals surface area contributed by atoms with Gasteiger partial charge < -0.3 is 14.1 Å². The zero-order chi connectivity index (χ0) is 23.7. The number of para-hydroxylation sites is 1. The van der Waals surface area contributed by atoms with Gasteiger partial charge in [-0.05, 0) is 37.6 Å². The van der Waals surface area contributed by atoms with Gasteiger partial charge in [0.1, 0.15) is 6.07 Å². The molecule has 5 aromatic rings. The van der Waals surface area contributed by atoms with Crippen molar-refractivity contribution >= 4 is 22.5 Å². The summed E-state index contributed by atoms with van der Waals surface area (Å²) >= 11 is 0. The highest BCUT2D eigenvalue weighted by Crippen LogP contribution is 2.40. The fourth-order valence-electron chi connectivity index (χ4n) is 3.77. The Hall–Kier alpha value is -4.70. The van der Waals surface area contributed by atoms with Crippen LogP contribution in [0.25, 0.3) is 22.4 Å². The van der Waals surface area contributed by atoms with Crippen LogP contribution in [0.4, 0.5) is 11.6 Å². The van der Waals surface area contributed by atoms with Gasteiger partial charge in [0.25, 0.3) is 5.88 Å². The van der Waals surface area contributed by atoms with E-state index >= 15 is 0 Å². The maximum atomic E-state index is 11.0. The SMILES string of the molecule is Cc1ccc(Cn2c(O)c(N=Nc3oc(-c4ccc(C)cc4)nc3C#N)c3ccccc32)cc1. The first kappa shape index (κ1) is 21.2. The van der Waals surface area contributed by atoms with Gasteiger partial charge in [0, 0.05) is 10.9 Å². The van der Waals surface area contributed by atoms with E-state index in [1.54, 1.807) is 4.57 Å². The van der Waals surface area contributed by atoms with Gasteiger partial charge in [-0.2, -0.15) is 10.2 Å². The number of aromatic nitrogens is 2. The zero-order valence-corrected chi connectivity index (χ0v) is 18.7. The monoisotopic (exact) mass is 447 g/mol. The first-order valence-electron chi connectivity index (χ1n) is 10.8. The van der Waals surface area contributed by atoms with E-state index in [1.807, 2.05) is 92.7 Å². The summed E-state index contributed by atoms with van der Waals surface area (Å²) in [5.74, 6) is 0.270. The Bertz CT molecular complexity index is 1550. The average molecular weight is 447 g/mol. The molecule has 0 amide bonds. The molecule has 0 aliphatic rings. The highest BCUT2D eigenvalue weighted by atomic mass is 16.4. The van der Waals surface area contributed by atoms with E-state index in [0.29, 0.717) is 12.2 Å². The summed E-state index contributed by atoms with van der Waals surface area (Å²) in [4.78, 5) is 4.24. The van der Waals surface area contributed by atoms with Crippen LogP contribution in [0, 0.1) is 25.2 Å². The van der Waals surface area contributed by atoms with Crippen molar-refractivity contribution in [3.8, 4) is 23.4 Å². The predicted octanol–water partition coefficient (Wildman–Crippen LogP) is 6.95. The van der Waals surface area contributed by atoms with Crippen molar-refractivity contribution < 1.29 is 9.52 Å². The fourth-order valence-corrected chi connectivity index (χ4v) is 3.77. The summed E-state index contributed by atoms with van der Waals surface area (Å²) in [6.45, 7) is 4.50. The van der Waals surface area contributed by atoms with Crippen LogP contribution in [0.1, 0.15) is 22.4 Å². The summed E-state index contributed by atoms with van der Waals surface area (Å²) < 4.78 is 7.53. The number of hydrogen-bond donors (Lipinski definition) is 1. The van der Waals surface area contributed by atoms with E-state index in [2.05, 4.69) is 15.2 Å². The standard InChI is InChI=1S/C27H21N5O2/c1-17-7-11-19(12-8-17)16-32-23-6-4-3-5-21(23)24(27(32)33)30-31-26-22(15-28)29-25(34-26)20-13-9-18(2)10-14-20/h3-14,33H,16H2,1-2H3. The van der Waals surface area contributed by atoms with Gasteiger partial charge in [0.15, 0.2) is 5.69 Å². The van der Waals surface area contributed by atoms with Crippen LogP contribution in [0.3, 0.4) is 0 Å². The molecule has 166 valence electrons. The Labute approximate surface area is 196 Å². The van der Waals surface area contributed by atoms with Crippen molar-refractivity contribution in [3.63, 3.8) is 0 Å². The lowest BCUT2D eigenvalue weighted by Crippen LogP contribution is -1.98. The molecule has 7 nitrogen and oxygen atoms in total. The van der Waals surface area contributed by atoms with Crippen LogP contribution in [-0.4, -0.2) is 14.7 Å². The number of aromatic hydroxyl groups is 1. The third-order valence-electron chi connectivity index (χ3n) is 5.63. The number of nitriles is 1. The molecule has 0 spiro atoms. The molecule has 34 heavy (non-hydrogen) atoms. The number of benzene rings is 3. The number of fused-ring (bicyclic) bond motifs is 1. The summed E-state index contributed by atoms with van der Waals surface area (Å²) in [5, 5.41) is 29.7. The van der Waals surface area contributed by atoms with Crippen molar-refractivity contribution in [2.24, 2.45) is 10.2 Å². The Morgan fingerprint density at radius 1 is 0.941 bits per heavy atom. The molecule has 0 bridgehead atoms. The second-order valence-corrected chi connectivity index (χ2v) is 8.11. The molecular weight excluding hydrogens is 426 g/mol. The Morgan fingerprint density at radius 3 is 2.32 bits per heavy atom. The minimum Gasteiger partial charge on any atom is -0.493 e. The molecule has 0 fully saturated rings. The molecule has 0 saturated heterocycles. The maximum Gasteiger partial charge on any atom is 0.277 e. The topological polar surface area (TPSA) is 99.7 Å². The van der Waals surface area contributed by atoms with Crippen molar-refractivity contribution in [1.29, 1.82) is 5.26 Å². The van der Waals surface area contributed by atoms with Crippen LogP contribution < -0.4 is 0 Å². The van der Waals surface area contributed by atoms with E-state index in [9.17, 15) is 10.4 Å². The van der Waals surface area contributed by atoms with Gasteiger partial charge in [0.05, 0.1) is 12.1 Å². The van der Waals surface area contributed by atoms with Crippen molar-refractivity contribution in [1.82, 2.24) is 9.55 Å².